The first-order valence-electron chi connectivity index (χ1n) is 12.6. The molecule has 2 saturated heterocycles. The molecule has 2 fully saturated rings. The molecule has 6 rings (SSSR count). The number of benzene rings is 3. The Bertz CT molecular complexity index is 1580. The number of anilines is 1. The Morgan fingerprint density at radius 1 is 0.974 bits per heavy atom. The van der Waals surface area contributed by atoms with Crippen LogP contribution in [-0.4, -0.2) is 54.8 Å². The lowest BCUT2D eigenvalue weighted by Gasteiger charge is -2.43. The number of fused-ring (bicyclic) bond motifs is 2. The van der Waals surface area contributed by atoms with Gasteiger partial charge in [0.2, 0.25) is 0 Å². The Hall–Kier alpha value is -4.02. The van der Waals surface area contributed by atoms with Crippen LogP contribution in [0.3, 0.4) is 0 Å². The minimum atomic E-state index is -0.880. The summed E-state index contributed by atoms with van der Waals surface area (Å²) in [7, 11) is 0. The Morgan fingerprint density at radius 3 is 2.56 bits per heavy atom. The van der Waals surface area contributed by atoms with E-state index in [4.69, 9.17) is 9.94 Å². The predicted molar refractivity (Wildman–Crippen MR) is 140 cm³/mol. The van der Waals surface area contributed by atoms with Crippen LogP contribution in [0.1, 0.15) is 12.0 Å². The highest BCUT2D eigenvalue weighted by atomic mass is 19.1. The van der Waals surface area contributed by atoms with Crippen molar-refractivity contribution in [3.8, 4) is 22.3 Å². The molecule has 2 aliphatic rings. The van der Waals surface area contributed by atoms with Gasteiger partial charge in [-0.1, -0.05) is 11.2 Å². The molecule has 39 heavy (non-hydrogen) atoms. The number of oxime groups is 1. The minimum Gasteiger partial charge on any atom is -0.411 e. The van der Waals surface area contributed by atoms with Crippen molar-refractivity contribution in [2.24, 2.45) is 5.16 Å². The number of hydrogen-bond donors (Lipinski definition) is 2. The molecule has 0 amide bonds. The second-order valence-corrected chi connectivity index (χ2v) is 9.71. The van der Waals surface area contributed by atoms with E-state index in [-0.39, 0.29) is 23.3 Å². The van der Waals surface area contributed by atoms with Gasteiger partial charge in [0.1, 0.15) is 23.3 Å². The average molecular weight is 537 g/mol. The number of nitrogens with one attached hydrogen (secondary N) is 1. The Morgan fingerprint density at radius 2 is 1.77 bits per heavy atom. The SMILES string of the molecule is ON=Cc1c(F)cc(F)cc1-c1ccc2ncc(-c3cc(F)cc(F)c3)c(N3CCC4NCCOC4C3)c2c1. The molecular weight excluding hydrogens is 512 g/mol. The zero-order valence-electron chi connectivity index (χ0n) is 20.7. The number of aromatic nitrogens is 1. The second kappa shape index (κ2) is 10.3. The van der Waals surface area contributed by atoms with Crippen LogP contribution in [0.2, 0.25) is 0 Å². The van der Waals surface area contributed by atoms with Gasteiger partial charge in [0, 0.05) is 60.5 Å². The maximum absolute atomic E-state index is 14.6. The number of hydrogen-bond acceptors (Lipinski definition) is 6. The van der Waals surface area contributed by atoms with Crippen LogP contribution in [0.4, 0.5) is 23.2 Å². The van der Waals surface area contributed by atoms with E-state index >= 15 is 0 Å². The largest absolute Gasteiger partial charge is 0.411 e. The van der Waals surface area contributed by atoms with Crippen molar-refractivity contribution in [2.75, 3.05) is 31.1 Å². The molecule has 200 valence electrons. The van der Waals surface area contributed by atoms with E-state index in [1.165, 1.54) is 12.1 Å². The summed E-state index contributed by atoms with van der Waals surface area (Å²) in [6.07, 6.45) is 3.21. The molecule has 3 aromatic carbocycles. The molecule has 10 heteroatoms. The van der Waals surface area contributed by atoms with E-state index in [1.54, 1.807) is 24.4 Å². The molecule has 1 aromatic heterocycles. The number of nitrogens with zero attached hydrogens (tertiary/aromatic N) is 3. The number of pyridine rings is 1. The molecular formula is C29H24F4N4O2. The van der Waals surface area contributed by atoms with Crippen LogP contribution in [-0.2, 0) is 4.74 Å². The molecule has 0 radical (unpaired) electrons. The standard InChI is InChI=1S/C29H24F4N4O2/c30-18-7-17(8-19(31)10-18)23-13-35-26-2-1-16(21-11-20(32)12-25(33)24(21)14-36-38)9-22(26)29(23)37-5-3-27-28(15-37)39-6-4-34-27/h1-2,7-14,27-28,34,38H,3-6,15H2. The molecule has 6 nitrogen and oxygen atoms in total. The Balaban J connectivity index is 1.58. The summed E-state index contributed by atoms with van der Waals surface area (Å²) in [5.41, 5.74) is 2.66. The van der Waals surface area contributed by atoms with Gasteiger partial charge in [0.25, 0.3) is 0 Å². The lowest BCUT2D eigenvalue weighted by molar-refractivity contribution is -0.00896. The third-order valence-corrected chi connectivity index (χ3v) is 7.32. The molecule has 2 unspecified atom stereocenters. The maximum Gasteiger partial charge on any atom is 0.135 e. The van der Waals surface area contributed by atoms with Gasteiger partial charge < -0.3 is 20.2 Å². The van der Waals surface area contributed by atoms with Crippen molar-refractivity contribution in [3.63, 3.8) is 0 Å². The molecule has 0 spiro atoms. The molecule has 2 N–H and O–H groups in total. The maximum atomic E-state index is 14.6. The monoisotopic (exact) mass is 536 g/mol. The Labute approximate surface area is 221 Å². The van der Waals surface area contributed by atoms with Crippen LogP contribution in [0.25, 0.3) is 33.2 Å². The van der Waals surface area contributed by atoms with Crippen molar-refractivity contribution < 1.29 is 27.5 Å². The third kappa shape index (κ3) is 4.81. The number of ether oxygens (including phenoxy) is 1. The summed E-state index contributed by atoms with van der Waals surface area (Å²) in [5, 5.41) is 16.1. The van der Waals surface area contributed by atoms with Crippen LogP contribution in [0.15, 0.2) is 59.9 Å². The highest BCUT2D eigenvalue weighted by molar-refractivity contribution is 6.02. The highest BCUT2D eigenvalue weighted by Gasteiger charge is 2.33. The summed E-state index contributed by atoms with van der Waals surface area (Å²) in [4.78, 5) is 6.67. The van der Waals surface area contributed by atoms with Crippen molar-refractivity contribution in [2.45, 2.75) is 18.6 Å². The quantitative estimate of drug-likeness (QED) is 0.156. The van der Waals surface area contributed by atoms with Crippen molar-refractivity contribution in [1.82, 2.24) is 10.3 Å². The molecule has 3 heterocycles. The van der Waals surface area contributed by atoms with Gasteiger partial charge in [-0.25, -0.2) is 17.6 Å². The lowest BCUT2D eigenvalue weighted by Crippen LogP contribution is -2.57. The van der Waals surface area contributed by atoms with Crippen molar-refractivity contribution in [1.29, 1.82) is 0 Å². The van der Waals surface area contributed by atoms with E-state index < -0.39 is 23.3 Å². The van der Waals surface area contributed by atoms with Gasteiger partial charge >= 0.3 is 0 Å². The van der Waals surface area contributed by atoms with E-state index in [0.29, 0.717) is 59.0 Å². The molecule has 0 aliphatic carbocycles. The summed E-state index contributed by atoms with van der Waals surface area (Å²) in [6, 6.07) is 10.5. The summed E-state index contributed by atoms with van der Waals surface area (Å²) in [6.45, 7) is 2.53. The van der Waals surface area contributed by atoms with Crippen LogP contribution >= 0.6 is 0 Å². The number of rotatable bonds is 4. The van der Waals surface area contributed by atoms with Crippen molar-refractivity contribution in [3.05, 3.63) is 83.6 Å². The molecule has 2 atom stereocenters. The predicted octanol–water partition coefficient (Wildman–Crippen LogP) is 5.50. The first kappa shape index (κ1) is 25.3. The van der Waals surface area contributed by atoms with Crippen LogP contribution in [0, 0.1) is 23.3 Å². The van der Waals surface area contributed by atoms with Gasteiger partial charge in [-0.2, -0.15) is 0 Å². The van der Waals surface area contributed by atoms with Gasteiger partial charge in [-0.3, -0.25) is 4.98 Å². The first-order chi connectivity index (χ1) is 18.9. The molecule has 2 aliphatic heterocycles. The fourth-order valence-electron chi connectivity index (χ4n) is 5.60. The summed E-state index contributed by atoms with van der Waals surface area (Å²) >= 11 is 0. The van der Waals surface area contributed by atoms with Gasteiger partial charge in [-0.15, -0.1) is 0 Å². The fraction of sp³-hybridized carbons (Fsp3) is 0.241. The number of halogens is 4. The average Bonchev–Trinajstić information content (AvgIpc) is 2.92. The van der Waals surface area contributed by atoms with Gasteiger partial charge in [0.05, 0.1) is 30.1 Å². The zero-order valence-corrected chi connectivity index (χ0v) is 20.7. The Kier molecular flexibility index (Phi) is 6.66. The fourth-order valence-corrected chi connectivity index (χ4v) is 5.60. The summed E-state index contributed by atoms with van der Waals surface area (Å²) in [5.74, 6) is -3.10. The molecule has 0 bridgehead atoms. The molecule has 0 saturated carbocycles. The van der Waals surface area contributed by atoms with Crippen molar-refractivity contribution >= 4 is 22.8 Å². The topological polar surface area (TPSA) is 70.0 Å². The van der Waals surface area contributed by atoms with Crippen LogP contribution in [0.5, 0.6) is 0 Å². The zero-order chi connectivity index (χ0) is 27.1. The smallest absolute Gasteiger partial charge is 0.135 e. The van der Waals surface area contributed by atoms with Gasteiger partial charge in [-0.05, 0) is 53.4 Å². The second-order valence-electron chi connectivity index (χ2n) is 9.71. The number of piperidine rings is 1. The van der Waals surface area contributed by atoms with E-state index in [1.807, 2.05) is 0 Å². The normalized spacial score (nSPS) is 19.5. The van der Waals surface area contributed by atoms with E-state index in [2.05, 4.69) is 20.4 Å². The number of morpholine rings is 1. The van der Waals surface area contributed by atoms with Crippen LogP contribution < -0.4 is 10.2 Å². The van der Waals surface area contributed by atoms with E-state index in [0.717, 1.165) is 31.3 Å². The summed E-state index contributed by atoms with van der Waals surface area (Å²) < 4.78 is 63.5. The molecule has 4 aromatic rings. The lowest BCUT2D eigenvalue weighted by atomic mass is 9.93. The van der Waals surface area contributed by atoms with Gasteiger partial charge in [0.15, 0.2) is 0 Å². The third-order valence-electron chi connectivity index (χ3n) is 7.32. The highest BCUT2D eigenvalue weighted by Crippen LogP contribution is 2.40. The first-order valence-corrected chi connectivity index (χ1v) is 12.6. The van der Waals surface area contributed by atoms with E-state index in [9.17, 15) is 17.6 Å². The minimum absolute atomic E-state index is 0.0827.